The maximum absolute atomic E-state index is 6.45. The molecule has 10 aromatic rings. The molecule has 7 heteroatoms. The molecule has 0 aliphatic heterocycles. The molecule has 0 aliphatic carbocycles. The minimum absolute atomic E-state index is 0.782. The third-order valence-electron chi connectivity index (χ3n) is 9.31. The molecule has 0 N–H and O–H groups in total. The van der Waals surface area contributed by atoms with E-state index in [9.17, 15) is 0 Å². The highest BCUT2D eigenvalue weighted by Crippen LogP contribution is 2.37. The molecule has 0 bridgehead atoms. The highest BCUT2D eigenvalue weighted by atomic mass is 16.3. The Morgan fingerprint density at radius 2 is 1.31 bits per heavy atom. The summed E-state index contributed by atoms with van der Waals surface area (Å²) in [5, 5.41) is 2.98. The lowest BCUT2D eigenvalue weighted by Gasteiger charge is -2.06. The Bertz CT molecular complexity index is 3020. The van der Waals surface area contributed by atoms with Gasteiger partial charge in [-0.15, -0.1) is 0 Å². The van der Waals surface area contributed by atoms with Crippen LogP contribution in [0.2, 0.25) is 0 Å². The van der Waals surface area contributed by atoms with Crippen molar-refractivity contribution in [1.29, 1.82) is 0 Å². The fourth-order valence-corrected chi connectivity index (χ4v) is 7.22. The van der Waals surface area contributed by atoms with Gasteiger partial charge < -0.3 is 4.42 Å². The van der Waals surface area contributed by atoms with Crippen LogP contribution in [0.1, 0.15) is 6.92 Å². The number of benzene rings is 5. The van der Waals surface area contributed by atoms with Gasteiger partial charge in [0.05, 0.1) is 38.5 Å². The minimum Gasteiger partial charge on any atom is -0.437 e. The predicted octanol–water partition coefficient (Wildman–Crippen LogP) is 8.20. The predicted molar refractivity (Wildman–Crippen MR) is 194 cm³/mol. The van der Waals surface area contributed by atoms with E-state index in [4.69, 9.17) is 14.4 Å². The molecule has 5 aromatic carbocycles. The maximum atomic E-state index is 6.45. The highest BCUT2D eigenvalue weighted by molar-refractivity contribution is 6.06. The molecule has 228 valence electrons. The Morgan fingerprint density at radius 3 is 2.06 bits per heavy atom. The molecule has 0 atom stereocenters. The fraction of sp³-hybridized carbons (Fsp3) is 0.0244. The number of fused-ring (bicyclic) bond motifs is 10. The first kappa shape index (κ1) is 26.6. The fourth-order valence-electron chi connectivity index (χ4n) is 7.22. The van der Waals surface area contributed by atoms with Crippen molar-refractivity contribution in [2.75, 3.05) is 0 Å². The average molecular weight is 621 g/mol. The molecule has 0 fully saturated rings. The normalized spacial score (nSPS) is 13.0. The quantitative estimate of drug-likeness (QED) is 0.199. The molecular weight excluding hydrogens is 592 g/mol. The van der Waals surface area contributed by atoms with Crippen LogP contribution in [-0.2, 0) is 0 Å². The van der Waals surface area contributed by atoms with E-state index in [-0.39, 0.29) is 0 Å². The van der Waals surface area contributed by atoms with Gasteiger partial charge in [-0.1, -0.05) is 79.4 Å². The zero-order valence-electron chi connectivity index (χ0n) is 26.1. The first-order valence-corrected chi connectivity index (χ1v) is 16.0. The first-order valence-electron chi connectivity index (χ1n) is 16.0. The van der Waals surface area contributed by atoms with Crippen LogP contribution in [0.4, 0.5) is 0 Å². The number of imidazole rings is 4. The van der Waals surface area contributed by atoms with E-state index in [2.05, 4.69) is 109 Å². The maximum Gasteiger partial charge on any atom is 0.232 e. The van der Waals surface area contributed by atoms with Crippen LogP contribution in [0, 0.1) is 0 Å². The zero-order chi connectivity index (χ0) is 31.9. The molecule has 0 saturated heterocycles. The first-order chi connectivity index (χ1) is 23.7. The molecular formula is C41H28N6O. The summed E-state index contributed by atoms with van der Waals surface area (Å²) in [6.45, 7) is 6.02. The largest absolute Gasteiger partial charge is 0.437 e. The summed E-state index contributed by atoms with van der Waals surface area (Å²) in [4.78, 5) is 10.3. The second kappa shape index (κ2) is 9.95. The Balaban J connectivity index is 1.24. The molecule has 0 unspecified atom stereocenters. The lowest BCUT2D eigenvalue weighted by atomic mass is 10.0. The third-order valence-corrected chi connectivity index (χ3v) is 9.31. The van der Waals surface area contributed by atoms with Gasteiger partial charge in [-0.25, -0.2) is 14.5 Å². The molecule has 0 spiro atoms. The van der Waals surface area contributed by atoms with Crippen molar-refractivity contribution in [1.82, 2.24) is 27.9 Å². The van der Waals surface area contributed by atoms with Crippen LogP contribution < -0.4 is 10.7 Å². The van der Waals surface area contributed by atoms with Gasteiger partial charge in [0.15, 0.2) is 0 Å². The van der Waals surface area contributed by atoms with Gasteiger partial charge in [-0.05, 0) is 84.8 Å². The van der Waals surface area contributed by atoms with Gasteiger partial charge >= 0.3 is 0 Å². The van der Waals surface area contributed by atoms with E-state index in [1.807, 2.05) is 61.5 Å². The molecule has 7 nitrogen and oxygen atoms in total. The summed E-state index contributed by atoms with van der Waals surface area (Å²) in [6, 6.07) is 42.1. The van der Waals surface area contributed by atoms with Crippen LogP contribution in [-0.4, -0.2) is 27.9 Å². The molecule has 5 aromatic heterocycles. The van der Waals surface area contributed by atoms with E-state index in [0.717, 1.165) is 89.0 Å². The number of para-hydroxylation sites is 3. The lowest BCUT2D eigenvalue weighted by Crippen LogP contribution is -2.26. The topological polar surface area (TPSA) is 57.6 Å². The summed E-state index contributed by atoms with van der Waals surface area (Å²) < 4.78 is 15.2. The van der Waals surface area contributed by atoms with Crippen molar-refractivity contribution in [2.24, 2.45) is 0 Å². The van der Waals surface area contributed by atoms with Crippen molar-refractivity contribution in [3.05, 3.63) is 145 Å². The van der Waals surface area contributed by atoms with Gasteiger partial charge in [-0.3, -0.25) is 13.4 Å². The van der Waals surface area contributed by atoms with Crippen molar-refractivity contribution in [3.8, 4) is 22.5 Å². The van der Waals surface area contributed by atoms with Gasteiger partial charge in [0.25, 0.3) is 0 Å². The van der Waals surface area contributed by atoms with Gasteiger partial charge in [0.2, 0.25) is 17.3 Å². The van der Waals surface area contributed by atoms with E-state index >= 15 is 0 Å². The van der Waals surface area contributed by atoms with E-state index in [1.54, 1.807) is 0 Å². The van der Waals surface area contributed by atoms with Crippen molar-refractivity contribution in [2.45, 2.75) is 6.92 Å². The standard InChI is InChI=1S/C41H28N6O/c1-3-13-33-31(4-2)42-40-44(28-14-7-5-8-15-28)35-23-21-27(25-36(35)46(33)40)26-20-22-34-32(24-26)43-41-45(29-16-9-6-10-17-29)39-38(47(34)41)30-18-11-12-19-37(30)48-39/h3-25H,1H2,2H3/b31-4+,33-13+. The number of allylic oxidation sites excluding steroid dienone is 1. The molecule has 0 amide bonds. The molecule has 5 heterocycles. The Kier molecular flexibility index (Phi) is 5.51. The zero-order valence-corrected chi connectivity index (χ0v) is 26.1. The van der Waals surface area contributed by atoms with Crippen molar-refractivity contribution >= 4 is 68.0 Å². The number of hydrogen-bond donors (Lipinski definition) is 0. The third kappa shape index (κ3) is 3.58. The smallest absolute Gasteiger partial charge is 0.232 e. The molecule has 0 radical (unpaired) electrons. The summed E-state index contributed by atoms with van der Waals surface area (Å²) in [7, 11) is 0. The summed E-state index contributed by atoms with van der Waals surface area (Å²) in [6.07, 6.45) is 5.90. The second-order valence-corrected chi connectivity index (χ2v) is 12.0. The second-order valence-electron chi connectivity index (χ2n) is 12.0. The van der Waals surface area contributed by atoms with Crippen LogP contribution in [0.5, 0.6) is 0 Å². The Hall–Kier alpha value is -6.60. The van der Waals surface area contributed by atoms with E-state index < -0.39 is 0 Å². The summed E-state index contributed by atoms with van der Waals surface area (Å²) in [5.41, 5.74) is 11.0. The van der Waals surface area contributed by atoms with Crippen LogP contribution in [0.15, 0.2) is 138 Å². The number of furan rings is 1. The summed E-state index contributed by atoms with van der Waals surface area (Å²) >= 11 is 0. The Morgan fingerprint density at radius 1 is 0.646 bits per heavy atom. The molecule has 0 saturated carbocycles. The number of aromatic nitrogens is 6. The lowest BCUT2D eigenvalue weighted by molar-refractivity contribution is 0.645. The minimum atomic E-state index is 0.782. The summed E-state index contributed by atoms with van der Waals surface area (Å²) in [5.74, 6) is 1.68. The number of rotatable bonds is 4. The molecule has 48 heavy (non-hydrogen) atoms. The van der Waals surface area contributed by atoms with E-state index in [0.29, 0.717) is 0 Å². The SMILES string of the molecule is C=C/C=c1\c(=C/C)nc2n(-c3ccccc3)c3ccc(-c4ccc5c(c4)nc4n(-c6ccccc6)c6oc7ccccc7c6n54)cc3n12. The van der Waals surface area contributed by atoms with Crippen molar-refractivity contribution < 1.29 is 4.42 Å². The molecule has 0 aliphatic rings. The average Bonchev–Trinajstić information content (AvgIpc) is 3.91. The number of hydrogen-bond acceptors (Lipinski definition) is 3. The van der Waals surface area contributed by atoms with Gasteiger partial charge in [0.1, 0.15) is 11.1 Å². The van der Waals surface area contributed by atoms with Crippen molar-refractivity contribution in [3.63, 3.8) is 0 Å². The Labute approximate surface area is 273 Å². The van der Waals surface area contributed by atoms with Crippen LogP contribution in [0.25, 0.3) is 90.5 Å². The van der Waals surface area contributed by atoms with Crippen LogP contribution in [0.3, 0.4) is 0 Å². The van der Waals surface area contributed by atoms with Crippen LogP contribution >= 0.6 is 0 Å². The van der Waals surface area contributed by atoms with Gasteiger partial charge in [-0.2, -0.15) is 0 Å². The molecule has 10 rings (SSSR count). The highest BCUT2D eigenvalue weighted by Gasteiger charge is 2.23. The number of nitrogens with zero attached hydrogens (tertiary/aromatic N) is 6. The monoisotopic (exact) mass is 620 g/mol. The van der Waals surface area contributed by atoms with Gasteiger partial charge in [0, 0.05) is 11.1 Å². The van der Waals surface area contributed by atoms with E-state index in [1.165, 1.54) is 0 Å².